The molecule has 2 fully saturated rings. The number of amides is 1. The van der Waals surface area contributed by atoms with Crippen molar-refractivity contribution in [1.82, 2.24) is 10.2 Å². The highest BCUT2D eigenvalue weighted by Gasteiger charge is 2.29. The fourth-order valence-corrected chi connectivity index (χ4v) is 4.30. The number of nitrogens with zero attached hydrogens (tertiary/aromatic N) is 1. The zero-order chi connectivity index (χ0) is 18.4. The molecule has 1 amide bonds. The first kappa shape index (κ1) is 20.5. The second kappa shape index (κ2) is 9.22. The lowest BCUT2D eigenvalue weighted by Crippen LogP contribution is -2.46. The molecule has 25 heavy (non-hydrogen) atoms. The van der Waals surface area contributed by atoms with E-state index in [1.54, 1.807) is 0 Å². The van der Waals surface area contributed by atoms with E-state index in [4.69, 9.17) is 10.5 Å². The van der Waals surface area contributed by atoms with Gasteiger partial charge in [-0.05, 0) is 84.6 Å². The monoisotopic (exact) mass is 353 g/mol. The Bertz CT molecular complexity index is 406. The Kier molecular flexibility index (Phi) is 7.56. The first-order chi connectivity index (χ1) is 11.8. The van der Waals surface area contributed by atoms with E-state index >= 15 is 0 Å². The van der Waals surface area contributed by atoms with Crippen LogP contribution in [0.4, 0.5) is 4.79 Å². The van der Waals surface area contributed by atoms with E-state index in [1.165, 1.54) is 45.1 Å². The number of ether oxygens (including phenoxy) is 1. The van der Waals surface area contributed by atoms with Crippen molar-refractivity contribution in [3.05, 3.63) is 0 Å². The summed E-state index contributed by atoms with van der Waals surface area (Å²) in [6.07, 6.45) is 9.11. The maximum atomic E-state index is 11.9. The average molecular weight is 354 g/mol. The summed E-state index contributed by atoms with van der Waals surface area (Å²) in [5, 5.41) is 3.05. The van der Waals surface area contributed by atoms with Crippen LogP contribution in [0.1, 0.15) is 79.1 Å². The van der Waals surface area contributed by atoms with Crippen molar-refractivity contribution >= 4 is 6.09 Å². The molecule has 0 spiro atoms. The predicted molar refractivity (Wildman–Crippen MR) is 103 cm³/mol. The lowest BCUT2D eigenvalue weighted by Gasteiger charge is -2.39. The highest BCUT2D eigenvalue weighted by molar-refractivity contribution is 5.68. The van der Waals surface area contributed by atoms with Gasteiger partial charge in [0.25, 0.3) is 0 Å². The number of alkyl carbamates (subject to hydrolysis) is 1. The molecule has 0 bridgehead atoms. The molecule has 0 unspecified atom stereocenters. The molecule has 5 nitrogen and oxygen atoms in total. The van der Waals surface area contributed by atoms with Crippen molar-refractivity contribution in [1.29, 1.82) is 0 Å². The van der Waals surface area contributed by atoms with Crippen molar-refractivity contribution in [3.8, 4) is 0 Å². The van der Waals surface area contributed by atoms with Crippen LogP contribution in [0.15, 0.2) is 0 Å². The van der Waals surface area contributed by atoms with Crippen LogP contribution < -0.4 is 11.1 Å². The van der Waals surface area contributed by atoms with Gasteiger partial charge in [0.15, 0.2) is 0 Å². The molecule has 0 aliphatic heterocycles. The Labute approximate surface area is 154 Å². The second-order valence-corrected chi connectivity index (χ2v) is 9.02. The van der Waals surface area contributed by atoms with Crippen LogP contribution in [-0.4, -0.2) is 47.8 Å². The Hall–Kier alpha value is -0.810. The number of carbonyl (C=O) groups is 1. The summed E-state index contributed by atoms with van der Waals surface area (Å²) in [5.41, 5.74) is 5.61. The van der Waals surface area contributed by atoms with Crippen molar-refractivity contribution in [2.24, 2.45) is 11.7 Å². The predicted octanol–water partition coefficient (Wildman–Crippen LogP) is 3.66. The van der Waals surface area contributed by atoms with Crippen molar-refractivity contribution < 1.29 is 9.53 Å². The molecular weight excluding hydrogens is 314 g/mol. The summed E-state index contributed by atoms with van der Waals surface area (Å²) in [6.45, 7) is 10.3. The van der Waals surface area contributed by atoms with Crippen LogP contribution in [0.2, 0.25) is 0 Å². The molecule has 0 radical (unpaired) electrons. The van der Waals surface area contributed by atoms with Gasteiger partial charge >= 0.3 is 6.09 Å². The number of hydrogen-bond donors (Lipinski definition) is 2. The summed E-state index contributed by atoms with van der Waals surface area (Å²) in [7, 11) is 0. The third-order valence-electron chi connectivity index (χ3n) is 5.72. The quantitative estimate of drug-likeness (QED) is 0.791. The average Bonchev–Trinajstić information content (AvgIpc) is 2.53. The standard InChI is InChI=1S/C20H39N3O2/c1-5-23(14-15-6-8-16(21)9-7-15)18-12-10-17(11-13-18)22-19(24)25-20(2,3)4/h15-18H,5-14,21H2,1-4H3,(H,22,24). The Morgan fingerprint density at radius 2 is 1.68 bits per heavy atom. The maximum Gasteiger partial charge on any atom is 0.407 e. The molecule has 5 heteroatoms. The van der Waals surface area contributed by atoms with Crippen LogP contribution in [0.3, 0.4) is 0 Å². The summed E-state index contributed by atoms with van der Waals surface area (Å²) < 4.78 is 5.37. The van der Waals surface area contributed by atoms with E-state index in [1.807, 2.05) is 20.8 Å². The molecule has 0 heterocycles. The highest BCUT2D eigenvalue weighted by Crippen LogP contribution is 2.28. The summed E-state index contributed by atoms with van der Waals surface area (Å²) >= 11 is 0. The van der Waals surface area contributed by atoms with Crippen molar-refractivity contribution in [2.45, 2.75) is 103 Å². The molecule has 2 aliphatic rings. The number of rotatable bonds is 5. The normalized spacial score (nSPS) is 31.0. The van der Waals surface area contributed by atoms with E-state index in [0.29, 0.717) is 12.1 Å². The molecule has 146 valence electrons. The van der Waals surface area contributed by atoms with E-state index in [9.17, 15) is 4.79 Å². The molecule has 2 rings (SSSR count). The van der Waals surface area contributed by atoms with Crippen LogP contribution in [-0.2, 0) is 4.74 Å². The number of carbonyl (C=O) groups excluding carboxylic acids is 1. The summed E-state index contributed by atoms with van der Waals surface area (Å²) in [5.74, 6) is 0.817. The smallest absolute Gasteiger partial charge is 0.407 e. The van der Waals surface area contributed by atoms with Gasteiger partial charge in [0.2, 0.25) is 0 Å². The first-order valence-corrected chi connectivity index (χ1v) is 10.3. The van der Waals surface area contributed by atoms with Gasteiger partial charge in [-0.2, -0.15) is 0 Å². The minimum absolute atomic E-state index is 0.262. The Balaban J connectivity index is 1.73. The van der Waals surface area contributed by atoms with Gasteiger partial charge in [0, 0.05) is 24.7 Å². The lowest BCUT2D eigenvalue weighted by atomic mass is 9.84. The largest absolute Gasteiger partial charge is 0.444 e. The van der Waals surface area contributed by atoms with Crippen molar-refractivity contribution in [2.75, 3.05) is 13.1 Å². The van der Waals surface area contributed by atoms with Crippen LogP contribution in [0.5, 0.6) is 0 Å². The summed E-state index contributed by atoms with van der Waals surface area (Å²) in [4.78, 5) is 14.6. The van der Waals surface area contributed by atoms with E-state index in [2.05, 4.69) is 17.1 Å². The third kappa shape index (κ3) is 7.14. The third-order valence-corrected chi connectivity index (χ3v) is 5.72. The first-order valence-electron chi connectivity index (χ1n) is 10.3. The Morgan fingerprint density at radius 1 is 1.08 bits per heavy atom. The minimum Gasteiger partial charge on any atom is -0.444 e. The van der Waals surface area contributed by atoms with Crippen LogP contribution in [0, 0.1) is 5.92 Å². The van der Waals surface area contributed by atoms with Gasteiger partial charge in [-0.15, -0.1) is 0 Å². The second-order valence-electron chi connectivity index (χ2n) is 9.02. The fourth-order valence-electron chi connectivity index (χ4n) is 4.30. The molecule has 0 atom stereocenters. The molecule has 2 aliphatic carbocycles. The molecule has 3 N–H and O–H groups in total. The van der Waals surface area contributed by atoms with Gasteiger partial charge in [0.1, 0.15) is 5.60 Å². The maximum absolute atomic E-state index is 11.9. The number of nitrogens with two attached hydrogens (primary N) is 1. The lowest BCUT2D eigenvalue weighted by molar-refractivity contribution is 0.0472. The topological polar surface area (TPSA) is 67.6 Å². The molecule has 2 saturated carbocycles. The van der Waals surface area contributed by atoms with E-state index in [-0.39, 0.29) is 12.1 Å². The number of hydrogen-bond acceptors (Lipinski definition) is 4. The van der Waals surface area contributed by atoms with Gasteiger partial charge in [-0.3, -0.25) is 0 Å². The molecule has 0 aromatic carbocycles. The van der Waals surface area contributed by atoms with Crippen LogP contribution in [0.25, 0.3) is 0 Å². The number of nitrogens with one attached hydrogen (secondary N) is 1. The van der Waals surface area contributed by atoms with Gasteiger partial charge in [0.05, 0.1) is 0 Å². The molecule has 0 saturated heterocycles. The Morgan fingerprint density at radius 3 is 2.20 bits per heavy atom. The van der Waals surface area contributed by atoms with Crippen molar-refractivity contribution in [3.63, 3.8) is 0 Å². The summed E-state index contributed by atoms with van der Waals surface area (Å²) in [6, 6.07) is 1.36. The van der Waals surface area contributed by atoms with E-state index < -0.39 is 5.60 Å². The van der Waals surface area contributed by atoms with Gasteiger partial charge in [-0.25, -0.2) is 4.79 Å². The zero-order valence-electron chi connectivity index (χ0n) is 16.7. The van der Waals surface area contributed by atoms with Crippen LogP contribution >= 0.6 is 0 Å². The van der Waals surface area contributed by atoms with Gasteiger partial charge < -0.3 is 20.7 Å². The highest BCUT2D eigenvalue weighted by atomic mass is 16.6. The molecule has 0 aromatic heterocycles. The minimum atomic E-state index is -0.428. The van der Waals surface area contributed by atoms with E-state index in [0.717, 1.165) is 25.3 Å². The molecular formula is C20H39N3O2. The molecule has 0 aromatic rings. The SMILES string of the molecule is CCN(CC1CCC(N)CC1)C1CCC(NC(=O)OC(C)(C)C)CC1. The fraction of sp³-hybridized carbons (Fsp3) is 0.950. The zero-order valence-corrected chi connectivity index (χ0v) is 16.7. The van der Waals surface area contributed by atoms with Gasteiger partial charge in [-0.1, -0.05) is 6.92 Å².